The number of aryl methyl sites for hydroxylation is 1. The Morgan fingerprint density at radius 3 is 2.08 bits per heavy atom. The Labute approximate surface area is 144 Å². The number of hydrogen-bond donors (Lipinski definition) is 0. The normalized spacial score (nSPS) is 11.8. The smallest absolute Gasteiger partial charge is 0.347 e. The maximum Gasteiger partial charge on any atom is 0.347 e. The molecule has 0 N–H and O–H groups in total. The van der Waals surface area contributed by atoms with Gasteiger partial charge in [0.1, 0.15) is 5.75 Å². The monoisotopic (exact) mass is 326 g/mol. The third-order valence-electron chi connectivity index (χ3n) is 3.89. The third kappa shape index (κ3) is 5.12. The second-order valence-electron chi connectivity index (χ2n) is 5.93. The lowest BCUT2D eigenvalue weighted by atomic mass is 10.0. The van der Waals surface area contributed by atoms with Crippen molar-refractivity contribution in [2.45, 2.75) is 46.1 Å². The van der Waals surface area contributed by atoms with Gasteiger partial charge in [-0.15, -0.1) is 0 Å². The molecule has 0 saturated heterocycles. The molecule has 2 aromatic rings. The van der Waals surface area contributed by atoms with Crippen molar-refractivity contribution in [1.82, 2.24) is 0 Å². The molecular formula is C21H26O3. The van der Waals surface area contributed by atoms with Crippen LogP contribution < -0.4 is 4.74 Å². The highest BCUT2D eigenvalue weighted by Crippen LogP contribution is 2.23. The minimum Gasteiger partial charge on any atom is -0.479 e. The van der Waals surface area contributed by atoms with Gasteiger partial charge in [0, 0.05) is 0 Å². The molecule has 0 radical (unpaired) electrons. The second-order valence-corrected chi connectivity index (χ2v) is 5.93. The van der Waals surface area contributed by atoms with Crippen LogP contribution in [0.1, 0.15) is 38.7 Å². The maximum absolute atomic E-state index is 12.0. The molecule has 3 heteroatoms. The molecule has 0 amide bonds. The summed E-state index contributed by atoms with van der Waals surface area (Å²) in [5.41, 5.74) is 3.53. The van der Waals surface area contributed by atoms with Gasteiger partial charge in [-0.2, -0.15) is 0 Å². The van der Waals surface area contributed by atoms with Crippen LogP contribution in [0.4, 0.5) is 0 Å². The zero-order chi connectivity index (χ0) is 17.4. The summed E-state index contributed by atoms with van der Waals surface area (Å²) >= 11 is 0. The Bertz CT molecular complexity index is 629. The van der Waals surface area contributed by atoms with E-state index in [4.69, 9.17) is 9.47 Å². The first-order chi connectivity index (χ1) is 11.6. The maximum atomic E-state index is 12.0. The molecule has 0 unspecified atom stereocenters. The largest absolute Gasteiger partial charge is 0.479 e. The standard InChI is InChI=1S/C21H26O3/c1-4-6-15-23-21(22)20(5-2)24-19-13-11-18(12-14-19)17-9-7-16(3)8-10-17/h7-14,20H,4-6,15H2,1-3H3/t20-/m0/s1. The van der Waals surface area contributed by atoms with Crippen LogP contribution >= 0.6 is 0 Å². The van der Waals surface area contributed by atoms with E-state index < -0.39 is 6.10 Å². The fourth-order valence-electron chi connectivity index (χ4n) is 2.34. The molecule has 0 bridgehead atoms. The number of ether oxygens (including phenoxy) is 2. The molecule has 0 aliphatic carbocycles. The zero-order valence-corrected chi connectivity index (χ0v) is 14.7. The molecule has 128 valence electrons. The molecule has 2 rings (SSSR count). The number of unbranched alkanes of at least 4 members (excludes halogenated alkanes) is 1. The predicted octanol–water partition coefficient (Wildman–Crippen LogP) is 5.16. The molecule has 0 saturated carbocycles. The van der Waals surface area contributed by atoms with E-state index in [9.17, 15) is 4.79 Å². The van der Waals surface area contributed by atoms with Crippen molar-refractivity contribution in [3.8, 4) is 16.9 Å². The Morgan fingerprint density at radius 2 is 1.54 bits per heavy atom. The Hall–Kier alpha value is -2.29. The van der Waals surface area contributed by atoms with E-state index in [0.29, 0.717) is 18.8 Å². The topological polar surface area (TPSA) is 35.5 Å². The minimum atomic E-state index is -0.549. The minimum absolute atomic E-state index is 0.284. The van der Waals surface area contributed by atoms with Crippen LogP contribution in [-0.2, 0) is 9.53 Å². The molecule has 0 aliphatic rings. The fourth-order valence-corrected chi connectivity index (χ4v) is 2.34. The number of carbonyl (C=O) groups is 1. The lowest BCUT2D eigenvalue weighted by Crippen LogP contribution is -2.29. The van der Waals surface area contributed by atoms with Crippen molar-refractivity contribution in [3.05, 3.63) is 54.1 Å². The lowest BCUT2D eigenvalue weighted by Gasteiger charge is -2.16. The summed E-state index contributed by atoms with van der Waals surface area (Å²) < 4.78 is 11.0. The SMILES string of the molecule is CCCCOC(=O)[C@H](CC)Oc1ccc(-c2ccc(C)cc2)cc1. The van der Waals surface area contributed by atoms with Gasteiger partial charge in [0.15, 0.2) is 6.10 Å². The van der Waals surface area contributed by atoms with E-state index in [-0.39, 0.29) is 5.97 Å². The molecule has 0 aliphatic heterocycles. The van der Waals surface area contributed by atoms with Crippen LogP contribution in [-0.4, -0.2) is 18.7 Å². The first kappa shape index (κ1) is 18.1. The number of hydrogen-bond acceptors (Lipinski definition) is 3. The van der Waals surface area contributed by atoms with Crippen LogP contribution in [0.5, 0.6) is 5.75 Å². The first-order valence-electron chi connectivity index (χ1n) is 8.64. The van der Waals surface area contributed by atoms with Crippen molar-refractivity contribution < 1.29 is 14.3 Å². The van der Waals surface area contributed by atoms with Crippen LogP contribution in [0, 0.1) is 6.92 Å². The Morgan fingerprint density at radius 1 is 0.958 bits per heavy atom. The van der Waals surface area contributed by atoms with Gasteiger partial charge in [-0.25, -0.2) is 4.79 Å². The quantitative estimate of drug-likeness (QED) is 0.496. The summed E-state index contributed by atoms with van der Waals surface area (Å²) in [6, 6.07) is 16.2. The van der Waals surface area contributed by atoms with Crippen molar-refractivity contribution >= 4 is 5.97 Å². The summed E-state index contributed by atoms with van der Waals surface area (Å²) in [5.74, 6) is 0.402. The van der Waals surface area contributed by atoms with E-state index in [1.165, 1.54) is 5.56 Å². The van der Waals surface area contributed by atoms with Gasteiger partial charge >= 0.3 is 5.97 Å². The average Bonchev–Trinajstić information content (AvgIpc) is 2.61. The second kappa shape index (κ2) is 9.11. The van der Waals surface area contributed by atoms with Gasteiger partial charge in [0.25, 0.3) is 0 Å². The highest BCUT2D eigenvalue weighted by Gasteiger charge is 2.19. The van der Waals surface area contributed by atoms with E-state index in [2.05, 4.69) is 38.1 Å². The summed E-state index contributed by atoms with van der Waals surface area (Å²) in [6.07, 6.45) is 1.93. The highest BCUT2D eigenvalue weighted by molar-refractivity contribution is 5.75. The third-order valence-corrected chi connectivity index (χ3v) is 3.89. The van der Waals surface area contributed by atoms with E-state index in [1.54, 1.807) is 0 Å². The molecule has 0 spiro atoms. The highest BCUT2D eigenvalue weighted by atomic mass is 16.6. The molecule has 1 atom stereocenters. The molecule has 24 heavy (non-hydrogen) atoms. The van der Waals surface area contributed by atoms with Crippen LogP contribution in [0.25, 0.3) is 11.1 Å². The summed E-state index contributed by atoms with van der Waals surface area (Å²) in [6.45, 7) is 6.52. The van der Waals surface area contributed by atoms with Gasteiger partial charge in [-0.1, -0.05) is 62.2 Å². The van der Waals surface area contributed by atoms with Gasteiger partial charge in [0.05, 0.1) is 6.61 Å². The summed E-state index contributed by atoms with van der Waals surface area (Å²) in [7, 11) is 0. The van der Waals surface area contributed by atoms with Crippen molar-refractivity contribution in [2.75, 3.05) is 6.61 Å². The molecule has 0 aromatic heterocycles. The number of benzene rings is 2. The molecule has 0 heterocycles. The van der Waals surface area contributed by atoms with Crippen molar-refractivity contribution in [3.63, 3.8) is 0 Å². The Balaban J connectivity index is 1.99. The average molecular weight is 326 g/mol. The zero-order valence-electron chi connectivity index (χ0n) is 14.7. The van der Waals surface area contributed by atoms with E-state index in [1.807, 2.05) is 31.2 Å². The van der Waals surface area contributed by atoms with E-state index in [0.717, 1.165) is 24.0 Å². The lowest BCUT2D eigenvalue weighted by molar-refractivity contribution is -0.152. The summed E-state index contributed by atoms with van der Waals surface area (Å²) in [4.78, 5) is 12.0. The number of rotatable bonds is 8. The van der Waals surface area contributed by atoms with Crippen LogP contribution in [0.15, 0.2) is 48.5 Å². The predicted molar refractivity (Wildman–Crippen MR) is 97.2 cm³/mol. The van der Waals surface area contributed by atoms with E-state index >= 15 is 0 Å². The first-order valence-corrected chi connectivity index (χ1v) is 8.64. The van der Waals surface area contributed by atoms with Gasteiger partial charge in [-0.3, -0.25) is 0 Å². The van der Waals surface area contributed by atoms with Gasteiger partial charge in [0.2, 0.25) is 0 Å². The molecule has 0 fully saturated rings. The van der Waals surface area contributed by atoms with Crippen molar-refractivity contribution in [1.29, 1.82) is 0 Å². The fraction of sp³-hybridized carbons (Fsp3) is 0.381. The van der Waals surface area contributed by atoms with Gasteiger partial charge in [-0.05, 0) is 43.0 Å². The van der Waals surface area contributed by atoms with Crippen molar-refractivity contribution in [2.24, 2.45) is 0 Å². The summed E-state index contributed by atoms with van der Waals surface area (Å²) in [5, 5.41) is 0. The van der Waals surface area contributed by atoms with Gasteiger partial charge < -0.3 is 9.47 Å². The molecule has 3 nitrogen and oxygen atoms in total. The molecule has 2 aromatic carbocycles. The Kier molecular flexibility index (Phi) is 6.86. The number of carbonyl (C=O) groups excluding carboxylic acids is 1. The van der Waals surface area contributed by atoms with Crippen LogP contribution in [0.2, 0.25) is 0 Å². The van der Waals surface area contributed by atoms with Crippen LogP contribution in [0.3, 0.4) is 0 Å². The number of esters is 1. The molecular weight excluding hydrogens is 300 g/mol.